The average Bonchev–Trinajstić information content (AvgIpc) is 2.80. The van der Waals surface area contributed by atoms with Crippen LogP contribution in [0.3, 0.4) is 0 Å². The average molecular weight is 300 g/mol. The van der Waals surface area contributed by atoms with Gasteiger partial charge in [-0.15, -0.1) is 0 Å². The van der Waals surface area contributed by atoms with Crippen LogP contribution in [0.5, 0.6) is 0 Å². The molecule has 114 valence electrons. The van der Waals surface area contributed by atoms with Crippen LogP contribution in [0.1, 0.15) is 25.6 Å². The molecule has 0 spiro atoms. The predicted octanol–water partition coefficient (Wildman–Crippen LogP) is 0.570. The van der Waals surface area contributed by atoms with Crippen molar-refractivity contribution in [3.63, 3.8) is 0 Å². The monoisotopic (exact) mass is 300 g/mol. The summed E-state index contributed by atoms with van der Waals surface area (Å²) < 4.78 is 26.9. The Morgan fingerprint density at radius 3 is 2.80 bits per heavy atom. The van der Waals surface area contributed by atoms with E-state index < -0.39 is 10.0 Å². The molecule has 1 aromatic rings. The smallest absolute Gasteiger partial charge is 0.211 e. The standard InChI is InChI=1S/C13H24N4O2S/c1-4-11-10-17(20(3,18)19)7-5-12(11)15-9-13-14-6-8-16(13)2/h6,8,11-12,15H,4-5,7,9-10H2,1-3H3/t11-,12+/m0/s1. The maximum Gasteiger partial charge on any atom is 0.211 e. The largest absolute Gasteiger partial charge is 0.337 e. The summed E-state index contributed by atoms with van der Waals surface area (Å²) in [4.78, 5) is 4.30. The number of aryl methyl sites for hydroxylation is 1. The molecule has 6 nitrogen and oxygen atoms in total. The topological polar surface area (TPSA) is 67.2 Å². The zero-order valence-corrected chi connectivity index (χ0v) is 13.2. The lowest BCUT2D eigenvalue weighted by atomic mass is 9.91. The molecule has 0 aliphatic carbocycles. The lowest BCUT2D eigenvalue weighted by molar-refractivity contribution is 0.200. The Morgan fingerprint density at radius 1 is 1.50 bits per heavy atom. The second-order valence-corrected chi connectivity index (χ2v) is 7.50. The van der Waals surface area contributed by atoms with Crippen LogP contribution in [-0.4, -0.2) is 47.7 Å². The molecular weight excluding hydrogens is 276 g/mol. The molecule has 1 N–H and O–H groups in total. The highest BCUT2D eigenvalue weighted by atomic mass is 32.2. The number of hydrogen-bond donors (Lipinski definition) is 1. The van der Waals surface area contributed by atoms with Gasteiger partial charge in [-0.1, -0.05) is 13.3 Å². The molecule has 0 amide bonds. The first-order valence-electron chi connectivity index (χ1n) is 7.06. The number of nitrogens with zero attached hydrogens (tertiary/aromatic N) is 3. The van der Waals surface area contributed by atoms with Gasteiger partial charge < -0.3 is 9.88 Å². The molecule has 1 aliphatic rings. The van der Waals surface area contributed by atoms with E-state index in [1.807, 2.05) is 17.8 Å². The lowest BCUT2D eigenvalue weighted by Crippen LogP contribution is -2.50. The molecule has 20 heavy (non-hydrogen) atoms. The highest BCUT2D eigenvalue weighted by Gasteiger charge is 2.31. The van der Waals surface area contributed by atoms with Crippen LogP contribution in [0.2, 0.25) is 0 Å². The Kier molecular flexibility index (Phi) is 4.82. The SMILES string of the molecule is CC[C@H]1CN(S(C)(=O)=O)CC[C@H]1NCc1nccn1C. The Hall–Kier alpha value is -0.920. The molecule has 0 aromatic carbocycles. The van der Waals surface area contributed by atoms with Gasteiger partial charge in [0.1, 0.15) is 5.82 Å². The molecule has 2 atom stereocenters. The number of aromatic nitrogens is 2. The van der Waals surface area contributed by atoms with Crippen LogP contribution < -0.4 is 5.32 Å². The van der Waals surface area contributed by atoms with Gasteiger partial charge in [-0.25, -0.2) is 17.7 Å². The van der Waals surface area contributed by atoms with Crippen molar-refractivity contribution in [3.8, 4) is 0 Å². The molecule has 2 heterocycles. The molecule has 0 saturated carbocycles. The molecule has 0 bridgehead atoms. The Morgan fingerprint density at radius 2 is 2.25 bits per heavy atom. The minimum Gasteiger partial charge on any atom is -0.337 e. The Labute approximate surface area is 121 Å². The molecule has 1 aromatic heterocycles. The molecule has 1 aliphatic heterocycles. The molecule has 1 saturated heterocycles. The molecular formula is C13H24N4O2S. The fourth-order valence-corrected chi connectivity index (χ4v) is 3.67. The normalized spacial score (nSPS) is 24.9. The third-order valence-electron chi connectivity index (χ3n) is 4.13. The third kappa shape index (κ3) is 3.59. The minimum atomic E-state index is -3.07. The number of imidazole rings is 1. The Bertz CT molecular complexity index is 540. The van der Waals surface area contributed by atoms with Crippen LogP contribution in [-0.2, 0) is 23.6 Å². The zero-order valence-electron chi connectivity index (χ0n) is 12.4. The molecule has 7 heteroatoms. The summed E-state index contributed by atoms with van der Waals surface area (Å²) in [6.45, 7) is 4.07. The molecule has 1 fully saturated rings. The molecule has 0 unspecified atom stereocenters. The highest BCUT2D eigenvalue weighted by molar-refractivity contribution is 7.88. The second-order valence-electron chi connectivity index (χ2n) is 5.52. The van der Waals surface area contributed by atoms with Gasteiger partial charge in [0.05, 0.1) is 12.8 Å². The van der Waals surface area contributed by atoms with E-state index in [1.165, 1.54) is 6.26 Å². The number of sulfonamides is 1. The van der Waals surface area contributed by atoms with Gasteiger partial charge >= 0.3 is 0 Å². The number of hydrogen-bond acceptors (Lipinski definition) is 4. The van der Waals surface area contributed by atoms with E-state index in [4.69, 9.17) is 0 Å². The van der Waals surface area contributed by atoms with Crippen molar-refractivity contribution in [1.29, 1.82) is 0 Å². The third-order valence-corrected chi connectivity index (χ3v) is 5.40. The Balaban J connectivity index is 1.94. The minimum absolute atomic E-state index is 0.356. The van der Waals surface area contributed by atoms with Crippen molar-refractivity contribution < 1.29 is 8.42 Å². The zero-order chi connectivity index (χ0) is 14.8. The van der Waals surface area contributed by atoms with E-state index in [0.717, 1.165) is 25.2 Å². The summed E-state index contributed by atoms with van der Waals surface area (Å²) in [6.07, 6.45) is 6.85. The fraction of sp³-hybridized carbons (Fsp3) is 0.769. The van der Waals surface area contributed by atoms with E-state index in [1.54, 1.807) is 10.5 Å². The van der Waals surface area contributed by atoms with Gasteiger partial charge in [0.15, 0.2) is 0 Å². The van der Waals surface area contributed by atoms with Gasteiger partial charge in [-0.2, -0.15) is 0 Å². The van der Waals surface area contributed by atoms with Crippen molar-refractivity contribution in [2.24, 2.45) is 13.0 Å². The molecule has 0 radical (unpaired) electrons. The molecule has 2 rings (SSSR count). The van der Waals surface area contributed by atoms with Crippen molar-refractivity contribution in [2.75, 3.05) is 19.3 Å². The second kappa shape index (κ2) is 6.24. The van der Waals surface area contributed by atoms with Crippen molar-refractivity contribution >= 4 is 10.0 Å². The van der Waals surface area contributed by atoms with Crippen molar-refractivity contribution in [2.45, 2.75) is 32.4 Å². The van der Waals surface area contributed by atoms with Crippen LogP contribution in [0.15, 0.2) is 12.4 Å². The van der Waals surface area contributed by atoms with E-state index >= 15 is 0 Å². The van der Waals surface area contributed by atoms with Crippen molar-refractivity contribution in [1.82, 2.24) is 19.2 Å². The maximum absolute atomic E-state index is 11.6. The predicted molar refractivity (Wildman–Crippen MR) is 78.7 cm³/mol. The van der Waals surface area contributed by atoms with Crippen LogP contribution in [0.4, 0.5) is 0 Å². The quantitative estimate of drug-likeness (QED) is 0.863. The van der Waals surface area contributed by atoms with E-state index in [0.29, 0.717) is 25.0 Å². The van der Waals surface area contributed by atoms with Gasteiger partial charge in [0.25, 0.3) is 0 Å². The van der Waals surface area contributed by atoms with Crippen LogP contribution in [0.25, 0.3) is 0 Å². The lowest BCUT2D eigenvalue weighted by Gasteiger charge is -2.37. The highest BCUT2D eigenvalue weighted by Crippen LogP contribution is 2.22. The first-order chi connectivity index (χ1) is 9.41. The van der Waals surface area contributed by atoms with Gasteiger partial charge in [-0.3, -0.25) is 0 Å². The van der Waals surface area contributed by atoms with E-state index in [2.05, 4.69) is 17.2 Å². The number of nitrogens with one attached hydrogen (secondary N) is 1. The van der Waals surface area contributed by atoms with Gasteiger partial charge in [-0.05, 0) is 12.3 Å². The summed E-state index contributed by atoms with van der Waals surface area (Å²) in [5.74, 6) is 1.36. The van der Waals surface area contributed by atoms with E-state index in [9.17, 15) is 8.42 Å². The van der Waals surface area contributed by atoms with Gasteiger partial charge in [0.2, 0.25) is 10.0 Å². The van der Waals surface area contributed by atoms with Crippen LogP contribution >= 0.6 is 0 Å². The first-order valence-corrected chi connectivity index (χ1v) is 8.91. The fourth-order valence-electron chi connectivity index (χ4n) is 2.77. The first kappa shape index (κ1) is 15.5. The van der Waals surface area contributed by atoms with Gasteiger partial charge in [0, 0.05) is 38.6 Å². The summed E-state index contributed by atoms with van der Waals surface area (Å²) in [7, 11) is -1.09. The number of rotatable bonds is 5. The van der Waals surface area contributed by atoms with Crippen molar-refractivity contribution in [3.05, 3.63) is 18.2 Å². The van der Waals surface area contributed by atoms with Crippen LogP contribution in [0, 0.1) is 5.92 Å². The summed E-state index contributed by atoms with van der Waals surface area (Å²) >= 11 is 0. The summed E-state index contributed by atoms with van der Waals surface area (Å²) in [6, 6.07) is 0.356. The maximum atomic E-state index is 11.6. The number of piperidine rings is 1. The summed E-state index contributed by atoms with van der Waals surface area (Å²) in [5.41, 5.74) is 0. The summed E-state index contributed by atoms with van der Waals surface area (Å²) in [5, 5.41) is 3.53. The van der Waals surface area contributed by atoms with E-state index in [-0.39, 0.29) is 0 Å².